The largest absolute Gasteiger partial charge is 0.490 e. The van der Waals surface area contributed by atoms with E-state index in [0.717, 1.165) is 34.0 Å². The van der Waals surface area contributed by atoms with Crippen LogP contribution in [0.4, 0.5) is 14.5 Å². The number of carbonyl (C=O) groups excluding carboxylic acids is 2. The summed E-state index contributed by atoms with van der Waals surface area (Å²) in [5.74, 6) is -3.60. The lowest BCUT2D eigenvalue weighted by Gasteiger charge is -2.19. The van der Waals surface area contributed by atoms with Crippen molar-refractivity contribution in [3.63, 3.8) is 0 Å². The molecule has 5 rings (SSSR count). The summed E-state index contributed by atoms with van der Waals surface area (Å²) >= 11 is 0. The lowest BCUT2D eigenvalue weighted by atomic mass is 10.0. The molecule has 10 heteroatoms. The number of benzene rings is 2. The van der Waals surface area contributed by atoms with Gasteiger partial charge in [0.05, 0.1) is 35.9 Å². The van der Waals surface area contributed by atoms with Gasteiger partial charge in [-0.1, -0.05) is 24.3 Å². The molecule has 1 fully saturated rings. The van der Waals surface area contributed by atoms with Gasteiger partial charge in [0.1, 0.15) is 18.4 Å². The van der Waals surface area contributed by atoms with E-state index in [4.69, 9.17) is 10.00 Å². The molecule has 2 aliphatic heterocycles. The summed E-state index contributed by atoms with van der Waals surface area (Å²) < 4.78 is 33.0. The minimum atomic E-state index is -3.12. The number of fused-ring (bicyclic) bond motifs is 2. The molecule has 0 spiro atoms. The van der Waals surface area contributed by atoms with E-state index in [1.807, 2.05) is 42.5 Å². The maximum Gasteiger partial charge on any atom is 0.268 e. The van der Waals surface area contributed by atoms with E-state index in [2.05, 4.69) is 15.6 Å². The van der Waals surface area contributed by atoms with E-state index in [1.165, 1.54) is 12.3 Å². The number of rotatable bonds is 5. The van der Waals surface area contributed by atoms with Gasteiger partial charge < -0.3 is 20.3 Å². The van der Waals surface area contributed by atoms with Crippen molar-refractivity contribution in [3.8, 4) is 11.8 Å². The molecule has 8 nitrogen and oxygen atoms in total. The Morgan fingerprint density at radius 1 is 1.22 bits per heavy atom. The highest BCUT2D eigenvalue weighted by molar-refractivity contribution is 6.07. The van der Waals surface area contributed by atoms with Crippen LogP contribution < -0.4 is 15.4 Å². The summed E-state index contributed by atoms with van der Waals surface area (Å²) in [7, 11) is 0. The number of anilines is 1. The molecule has 1 atom stereocenters. The summed E-state index contributed by atoms with van der Waals surface area (Å²) in [5, 5.41) is 15.5. The zero-order valence-electron chi connectivity index (χ0n) is 19.7. The van der Waals surface area contributed by atoms with E-state index in [1.54, 1.807) is 12.1 Å². The summed E-state index contributed by atoms with van der Waals surface area (Å²) in [6.45, 7) is 0.0517. The molecular formula is C27H23F2N5O3. The lowest BCUT2D eigenvalue weighted by molar-refractivity contribution is -0.131. The monoisotopic (exact) mass is 503 g/mol. The SMILES string of the molecule is N#C[C@@H]1CC(F)(F)CN1C(=O)CNC(=O)c1ccnc2ccc(/C=C/c3ccc4c(c3)OCCN4)cc12. The fraction of sp³-hybridized carbons (Fsp3) is 0.259. The van der Waals surface area contributed by atoms with Crippen LogP contribution in [0.5, 0.6) is 5.75 Å². The lowest BCUT2D eigenvalue weighted by Crippen LogP contribution is -2.43. The zero-order valence-corrected chi connectivity index (χ0v) is 19.7. The Hall–Kier alpha value is -4.52. The molecular weight excluding hydrogens is 480 g/mol. The van der Waals surface area contributed by atoms with Crippen LogP contribution in [0.15, 0.2) is 48.7 Å². The minimum Gasteiger partial charge on any atom is -0.490 e. The fourth-order valence-electron chi connectivity index (χ4n) is 4.46. The predicted octanol–water partition coefficient (Wildman–Crippen LogP) is 3.70. The molecule has 0 unspecified atom stereocenters. The second-order valence-electron chi connectivity index (χ2n) is 8.91. The van der Waals surface area contributed by atoms with Crippen molar-refractivity contribution >= 4 is 40.6 Å². The number of hydrogen-bond acceptors (Lipinski definition) is 6. The van der Waals surface area contributed by atoms with Crippen molar-refractivity contribution < 1.29 is 23.1 Å². The second-order valence-corrected chi connectivity index (χ2v) is 8.91. The average Bonchev–Trinajstić information content (AvgIpc) is 3.24. The summed E-state index contributed by atoms with van der Waals surface area (Å²) in [5.41, 5.74) is 3.63. The first-order valence-corrected chi connectivity index (χ1v) is 11.8. The molecule has 0 bridgehead atoms. The Bertz CT molecular complexity index is 1450. The van der Waals surface area contributed by atoms with Gasteiger partial charge in [0.2, 0.25) is 5.91 Å². The zero-order chi connectivity index (χ0) is 26.0. The van der Waals surface area contributed by atoms with E-state index >= 15 is 0 Å². The number of aromatic nitrogens is 1. The molecule has 2 aliphatic rings. The fourth-order valence-corrected chi connectivity index (χ4v) is 4.46. The predicted molar refractivity (Wildman–Crippen MR) is 134 cm³/mol. The van der Waals surface area contributed by atoms with Crippen molar-refractivity contribution in [2.75, 3.05) is 31.6 Å². The summed E-state index contributed by atoms with van der Waals surface area (Å²) in [6.07, 6.45) is 4.63. The highest BCUT2D eigenvalue weighted by Gasteiger charge is 2.47. The van der Waals surface area contributed by atoms with Gasteiger partial charge in [-0.3, -0.25) is 14.6 Å². The highest BCUT2D eigenvalue weighted by atomic mass is 19.3. The Labute approximate surface area is 211 Å². The minimum absolute atomic E-state index is 0.296. The molecule has 3 aromatic rings. The third kappa shape index (κ3) is 5.21. The van der Waals surface area contributed by atoms with E-state index in [9.17, 15) is 18.4 Å². The molecule has 2 amide bonds. The van der Waals surface area contributed by atoms with Crippen LogP contribution in [-0.2, 0) is 4.79 Å². The smallest absolute Gasteiger partial charge is 0.268 e. The molecule has 188 valence electrons. The number of nitrogens with zero attached hydrogens (tertiary/aromatic N) is 3. The van der Waals surface area contributed by atoms with E-state index in [-0.39, 0.29) is 0 Å². The first-order valence-electron chi connectivity index (χ1n) is 11.8. The molecule has 1 saturated heterocycles. The van der Waals surface area contributed by atoms with Gasteiger partial charge in [0, 0.05) is 24.5 Å². The number of alkyl halides is 2. The van der Waals surface area contributed by atoms with Crippen LogP contribution in [0.3, 0.4) is 0 Å². The molecule has 37 heavy (non-hydrogen) atoms. The van der Waals surface area contributed by atoms with Crippen LogP contribution in [0.25, 0.3) is 23.1 Å². The molecule has 3 heterocycles. The Morgan fingerprint density at radius 3 is 2.81 bits per heavy atom. The summed E-state index contributed by atoms with van der Waals surface area (Å²) in [4.78, 5) is 30.5. The Balaban J connectivity index is 1.31. The van der Waals surface area contributed by atoms with Gasteiger partial charge in [0.15, 0.2) is 0 Å². The number of nitrogens with one attached hydrogen (secondary N) is 2. The molecule has 1 aromatic heterocycles. The first kappa shape index (κ1) is 24.2. The molecule has 0 radical (unpaired) electrons. The number of likely N-dealkylation sites (tertiary alicyclic amines) is 1. The quantitative estimate of drug-likeness (QED) is 0.515. The normalized spacial score (nSPS) is 18.1. The number of pyridine rings is 1. The van der Waals surface area contributed by atoms with Gasteiger partial charge >= 0.3 is 0 Å². The number of ether oxygens (including phenoxy) is 1. The van der Waals surface area contributed by atoms with Crippen LogP contribution in [0.1, 0.15) is 27.9 Å². The van der Waals surface area contributed by atoms with Gasteiger partial charge in [-0.25, -0.2) is 8.78 Å². The number of carbonyl (C=O) groups is 2. The molecule has 2 aromatic carbocycles. The van der Waals surface area contributed by atoms with Gasteiger partial charge in [-0.2, -0.15) is 5.26 Å². The summed E-state index contributed by atoms with van der Waals surface area (Å²) in [6, 6.07) is 13.4. The van der Waals surface area contributed by atoms with Crippen LogP contribution in [-0.4, -0.2) is 59.9 Å². The number of amides is 2. The molecule has 0 aliphatic carbocycles. The molecule has 2 N–H and O–H groups in total. The second kappa shape index (κ2) is 9.85. The van der Waals surface area contributed by atoms with Crippen LogP contribution >= 0.6 is 0 Å². The molecule has 0 saturated carbocycles. The highest BCUT2D eigenvalue weighted by Crippen LogP contribution is 2.32. The first-order chi connectivity index (χ1) is 17.8. The third-order valence-electron chi connectivity index (χ3n) is 6.30. The van der Waals surface area contributed by atoms with Gasteiger partial charge in [-0.15, -0.1) is 0 Å². The average molecular weight is 504 g/mol. The number of halogens is 2. The van der Waals surface area contributed by atoms with Gasteiger partial charge in [0.25, 0.3) is 11.8 Å². The van der Waals surface area contributed by atoms with Gasteiger partial charge in [-0.05, 0) is 41.5 Å². The third-order valence-corrected chi connectivity index (χ3v) is 6.30. The topological polar surface area (TPSA) is 107 Å². The van der Waals surface area contributed by atoms with Crippen molar-refractivity contribution in [1.82, 2.24) is 15.2 Å². The van der Waals surface area contributed by atoms with Crippen molar-refractivity contribution in [2.45, 2.75) is 18.4 Å². The van der Waals surface area contributed by atoms with E-state index < -0.39 is 43.3 Å². The number of nitriles is 1. The maximum atomic E-state index is 13.7. The van der Waals surface area contributed by atoms with Crippen molar-refractivity contribution in [1.29, 1.82) is 5.26 Å². The Kier molecular flexibility index (Phi) is 6.44. The maximum absolute atomic E-state index is 13.7. The van der Waals surface area contributed by atoms with E-state index in [0.29, 0.717) is 23.1 Å². The van der Waals surface area contributed by atoms with Crippen LogP contribution in [0, 0.1) is 11.3 Å². The van der Waals surface area contributed by atoms with Crippen molar-refractivity contribution in [3.05, 3.63) is 65.4 Å². The van der Waals surface area contributed by atoms with Crippen LogP contribution in [0.2, 0.25) is 0 Å². The standard InChI is InChI=1S/C27H23F2N5O3/c28-27(29)13-19(14-30)34(16-27)25(35)15-33-26(36)20-7-8-31-22-5-3-17(11-21(20)22)1-2-18-4-6-23-24(12-18)37-10-9-32-23/h1-8,11-12,19,32H,9-10,13,15-16H2,(H,33,36)/b2-1+/t19-/m0/s1. The Morgan fingerprint density at radius 2 is 2.00 bits per heavy atom. The number of hydrogen-bond donors (Lipinski definition) is 2. The van der Waals surface area contributed by atoms with Crippen molar-refractivity contribution in [2.24, 2.45) is 0 Å².